The second-order valence-corrected chi connectivity index (χ2v) is 3.42. The molecule has 1 unspecified atom stereocenters. The quantitative estimate of drug-likeness (QED) is 0.793. The number of likely N-dealkylation sites (N-methyl/N-ethyl adjacent to an activating group) is 1. The van der Waals surface area contributed by atoms with Crippen molar-refractivity contribution in [2.24, 2.45) is 0 Å². The molecule has 1 atom stereocenters. The number of hydrogen-bond acceptors (Lipinski definition) is 3. The molecule has 0 saturated carbocycles. The third-order valence-electron chi connectivity index (χ3n) is 2.14. The van der Waals surface area contributed by atoms with Crippen molar-refractivity contribution in [1.82, 2.24) is 5.32 Å². The Kier molecular flexibility index (Phi) is 4.25. The highest BCUT2D eigenvalue weighted by Crippen LogP contribution is 2.18. The van der Waals surface area contributed by atoms with Crippen molar-refractivity contribution < 1.29 is 19.0 Å². The van der Waals surface area contributed by atoms with Gasteiger partial charge in [0.1, 0.15) is 12.6 Å². The van der Waals surface area contributed by atoms with Gasteiger partial charge in [-0.3, -0.25) is 4.79 Å². The normalized spacial score (nSPS) is 12.2. The highest BCUT2D eigenvalue weighted by Gasteiger charge is 2.16. The topological polar surface area (TPSA) is 58.6 Å². The van der Waals surface area contributed by atoms with Crippen LogP contribution in [0.2, 0.25) is 0 Å². The number of benzene rings is 1. The Labute approximate surface area is 93.0 Å². The zero-order chi connectivity index (χ0) is 12.1. The molecule has 0 aliphatic heterocycles. The van der Waals surface area contributed by atoms with Gasteiger partial charge >= 0.3 is 5.97 Å². The molecule has 4 nitrogen and oxygen atoms in total. The van der Waals surface area contributed by atoms with Crippen LogP contribution in [0.15, 0.2) is 18.2 Å². The summed E-state index contributed by atoms with van der Waals surface area (Å²) in [5.74, 6) is -1.46. The number of aliphatic carboxylic acids is 1. The van der Waals surface area contributed by atoms with E-state index in [1.807, 2.05) is 0 Å². The Morgan fingerprint density at radius 1 is 1.62 bits per heavy atom. The van der Waals surface area contributed by atoms with Gasteiger partial charge in [-0.25, -0.2) is 4.39 Å². The Morgan fingerprint density at radius 2 is 2.31 bits per heavy atom. The number of carboxylic acid groups (broad SMARTS) is 1. The molecule has 1 aromatic carbocycles. The SMILES string of the molecule is CNC(COc1cc(C)ccc1F)C(=O)O. The molecule has 0 aliphatic carbocycles. The fraction of sp³-hybridized carbons (Fsp3) is 0.364. The minimum atomic E-state index is -1.03. The van der Waals surface area contributed by atoms with Crippen molar-refractivity contribution in [3.8, 4) is 5.75 Å². The van der Waals surface area contributed by atoms with Crippen LogP contribution in [-0.4, -0.2) is 30.8 Å². The van der Waals surface area contributed by atoms with E-state index in [0.717, 1.165) is 5.56 Å². The molecular weight excluding hydrogens is 213 g/mol. The van der Waals surface area contributed by atoms with Crippen molar-refractivity contribution in [1.29, 1.82) is 0 Å². The number of carboxylic acids is 1. The number of hydrogen-bond donors (Lipinski definition) is 2. The molecular formula is C11H14FNO3. The predicted molar refractivity (Wildman–Crippen MR) is 57.1 cm³/mol. The van der Waals surface area contributed by atoms with Crippen LogP contribution in [0.4, 0.5) is 4.39 Å². The lowest BCUT2D eigenvalue weighted by Gasteiger charge is -2.13. The maximum absolute atomic E-state index is 13.2. The molecule has 0 fully saturated rings. The van der Waals surface area contributed by atoms with E-state index in [2.05, 4.69) is 5.32 Å². The van der Waals surface area contributed by atoms with Gasteiger partial charge in [-0.2, -0.15) is 0 Å². The molecule has 16 heavy (non-hydrogen) atoms. The molecule has 88 valence electrons. The highest BCUT2D eigenvalue weighted by molar-refractivity contribution is 5.73. The second kappa shape index (κ2) is 5.46. The first kappa shape index (κ1) is 12.4. The zero-order valence-electron chi connectivity index (χ0n) is 9.16. The van der Waals surface area contributed by atoms with Gasteiger partial charge < -0.3 is 15.2 Å². The Balaban J connectivity index is 2.66. The highest BCUT2D eigenvalue weighted by atomic mass is 19.1. The summed E-state index contributed by atoms with van der Waals surface area (Å²) < 4.78 is 18.3. The maximum Gasteiger partial charge on any atom is 0.324 e. The number of aryl methyl sites for hydroxylation is 1. The van der Waals surface area contributed by atoms with E-state index in [4.69, 9.17) is 9.84 Å². The van der Waals surface area contributed by atoms with Gasteiger partial charge in [0.2, 0.25) is 0 Å². The van der Waals surface area contributed by atoms with Crippen molar-refractivity contribution in [3.05, 3.63) is 29.6 Å². The van der Waals surface area contributed by atoms with Crippen LogP contribution >= 0.6 is 0 Å². The summed E-state index contributed by atoms with van der Waals surface area (Å²) in [6, 6.07) is 3.60. The lowest BCUT2D eigenvalue weighted by Crippen LogP contribution is -2.39. The molecule has 1 aromatic rings. The van der Waals surface area contributed by atoms with Crippen LogP contribution in [0.3, 0.4) is 0 Å². The first-order valence-corrected chi connectivity index (χ1v) is 4.83. The van der Waals surface area contributed by atoms with E-state index < -0.39 is 17.8 Å². The first-order chi connectivity index (χ1) is 7.54. The summed E-state index contributed by atoms with van der Waals surface area (Å²) in [6.07, 6.45) is 0. The van der Waals surface area contributed by atoms with Gasteiger partial charge in [-0.1, -0.05) is 6.07 Å². The van der Waals surface area contributed by atoms with Crippen LogP contribution in [-0.2, 0) is 4.79 Å². The van der Waals surface area contributed by atoms with Crippen molar-refractivity contribution >= 4 is 5.97 Å². The molecule has 0 radical (unpaired) electrons. The summed E-state index contributed by atoms with van der Waals surface area (Å²) in [7, 11) is 1.51. The van der Waals surface area contributed by atoms with Gasteiger partial charge in [-0.05, 0) is 31.7 Å². The Morgan fingerprint density at radius 3 is 2.88 bits per heavy atom. The first-order valence-electron chi connectivity index (χ1n) is 4.83. The molecule has 0 saturated heterocycles. The van der Waals surface area contributed by atoms with E-state index >= 15 is 0 Å². The number of ether oxygens (including phenoxy) is 1. The smallest absolute Gasteiger partial charge is 0.324 e. The lowest BCUT2D eigenvalue weighted by molar-refractivity contribution is -0.140. The van der Waals surface area contributed by atoms with Crippen molar-refractivity contribution in [3.63, 3.8) is 0 Å². The van der Waals surface area contributed by atoms with Crippen molar-refractivity contribution in [2.75, 3.05) is 13.7 Å². The van der Waals surface area contributed by atoms with Gasteiger partial charge in [0.25, 0.3) is 0 Å². The molecule has 0 bridgehead atoms. The molecule has 0 aliphatic rings. The second-order valence-electron chi connectivity index (χ2n) is 3.42. The summed E-state index contributed by atoms with van der Waals surface area (Å²) in [5, 5.41) is 11.3. The Hall–Kier alpha value is -1.62. The van der Waals surface area contributed by atoms with Crippen molar-refractivity contribution in [2.45, 2.75) is 13.0 Å². The van der Waals surface area contributed by atoms with E-state index in [0.29, 0.717) is 0 Å². The number of carbonyl (C=O) groups is 1. The monoisotopic (exact) mass is 227 g/mol. The molecule has 5 heteroatoms. The zero-order valence-corrected chi connectivity index (χ0v) is 9.16. The fourth-order valence-corrected chi connectivity index (χ4v) is 1.17. The van der Waals surface area contributed by atoms with Gasteiger partial charge in [-0.15, -0.1) is 0 Å². The van der Waals surface area contributed by atoms with Crippen LogP contribution in [0.5, 0.6) is 5.75 Å². The van der Waals surface area contributed by atoms with E-state index in [-0.39, 0.29) is 12.4 Å². The standard InChI is InChI=1S/C11H14FNO3/c1-7-3-4-8(12)10(5-7)16-6-9(13-2)11(14)15/h3-5,9,13H,6H2,1-2H3,(H,14,15). The summed E-state index contributed by atoms with van der Waals surface area (Å²) in [4.78, 5) is 10.7. The molecule has 0 spiro atoms. The fourth-order valence-electron chi connectivity index (χ4n) is 1.17. The van der Waals surface area contributed by atoms with Crippen LogP contribution < -0.4 is 10.1 Å². The van der Waals surface area contributed by atoms with E-state index in [9.17, 15) is 9.18 Å². The molecule has 0 aromatic heterocycles. The maximum atomic E-state index is 13.2. The summed E-state index contributed by atoms with van der Waals surface area (Å²) in [6.45, 7) is 1.69. The molecule has 2 N–H and O–H groups in total. The van der Waals surface area contributed by atoms with Crippen LogP contribution in [0, 0.1) is 12.7 Å². The van der Waals surface area contributed by atoms with Gasteiger partial charge in [0.15, 0.2) is 11.6 Å². The van der Waals surface area contributed by atoms with Gasteiger partial charge in [0, 0.05) is 0 Å². The minimum Gasteiger partial charge on any atom is -0.488 e. The average molecular weight is 227 g/mol. The van der Waals surface area contributed by atoms with E-state index in [1.165, 1.54) is 19.2 Å². The third kappa shape index (κ3) is 3.20. The number of rotatable bonds is 5. The third-order valence-corrected chi connectivity index (χ3v) is 2.14. The largest absolute Gasteiger partial charge is 0.488 e. The molecule has 0 amide bonds. The predicted octanol–water partition coefficient (Wildman–Crippen LogP) is 1.19. The van der Waals surface area contributed by atoms with Gasteiger partial charge in [0.05, 0.1) is 0 Å². The minimum absolute atomic E-state index is 0.0708. The Bertz CT molecular complexity index is 381. The molecule has 1 rings (SSSR count). The van der Waals surface area contributed by atoms with Crippen LogP contribution in [0.1, 0.15) is 5.56 Å². The van der Waals surface area contributed by atoms with E-state index in [1.54, 1.807) is 13.0 Å². The molecule has 0 heterocycles. The van der Waals surface area contributed by atoms with Crippen LogP contribution in [0.25, 0.3) is 0 Å². The lowest BCUT2D eigenvalue weighted by atomic mass is 10.2. The average Bonchev–Trinajstić information content (AvgIpc) is 2.23. The number of halogens is 1. The number of nitrogens with one attached hydrogen (secondary N) is 1. The summed E-state index contributed by atoms with van der Waals surface area (Å²) in [5.41, 5.74) is 0.854. The summed E-state index contributed by atoms with van der Waals surface area (Å²) >= 11 is 0.